The van der Waals surface area contributed by atoms with Crippen LogP contribution in [0.15, 0.2) is 36.4 Å². The molecule has 0 radical (unpaired) electrons. The van der Waals surface area contributed by atoms with Gasteiger partial charge in [-0.15, -0.1) is 5.92 Å². The number of rotatable bonds is 28. The van der Waals surface area contributed by atoms with E-state index in [0.717, 1.165) is 51.0 Å². The topological polar surface area (TPSA) is 205 Å². The van der Waals surface area contributed by atoms with Crippen LogP contribution in [-0.2, 0) is 35.2 Å². The van der Waals surface area contributed by atoms with Crippen molar-refractivity contribution in [3.63, 3.8) is 0 Å². The van der Waals surface area contributed by atoms with Gasteiger partial charge in [-0.2, -0.15) is 0 Å². The molecule has 1 aromatic rings. The highest BCUT2D eigenvalue weighted by atomic mass is 16.5. The van der Waals surface area contributed by atoms with Gasteiger partial charge in [-0.3, -0.25) is 24.0 Å². The van der Waals surface area contributed by atoms with Crippen LogP contribution in [0.3, 0.4) is 0 Å². The number of carboxylic acids is 3. The molecular weight excluding hydrogens is 646 g/mol. The van der Waals surface area contributed by atoms with E-state index in [2.05, 4.69) is 24.1 Å². The summed E-state index contributed by atoms with van der Waals surface area (Å²) < 4.78 is 5.48. The maximum Gasteiger partial charge on any atom is 0.337 e. The number of amides is 1. The minimum atomic E-state index is -3.04. The fraction of sp³-hybridized carbons (Fsp3) is 0.579. The molecule has 0 aromatic heterocycles. The standard InChI is InChI=1S/C38H53NO11/c1-3-5-7-10-13-16-29(40)17-14-11-8-9-12-15-18-31(38(49,37(47)48)27-35(44)45)36(46)39-32(33(41)23-24-34(42)43)26-28-19-21-30(22-20-28)50-25-6-4-2/h15,18-22,31-32,49H,3,5,7-14,16-17,23-27H2,1-2H3,(H,39,46)(H,42,43)(H,44,45)(H,47,48)/b18-15+/t31-,32+,38+/m1/s1. The molecule has 12 heteroatoms. The van der Waals surface area contributed by atoms with Crippen LogP contribution in [0.4, 0.5) is 0 Å². The summed E-state index contributed by atoms with van der Waals surface area (Å²) in [6, 6.07) is 5.22. The van der Waals surface area contributed by atoms with E-state index < -0.39 is 66.4 Å². The Balaban J connectivity index is 3.01. The molecule has 50 heavy (non-hydrogen) atoms. The van der Waals surface area contributed by atoms with Gasteiger partial charge in [0.2, 0.25) is 5.91 Å². The van der Waals surface area contributed by atoms with Gasteiger partial charge in [-0.1, -0.05) is 75.7 Å². The summed E-state index contributed by atoms with van der Waals surface area (Å²) in [5.41, 5.74) is -2.48. The van der Waals surface area contributed by atoms with Crippen molar-refractivity contribution in [2.75, 3.05) is 6.61 Å². The van der Waals surface area contributed by atoms with Crippen LogP contribution in [0.2, 0.25) is 0 Å². The molecule has 276 valence electrons. The minimum absolute atomic E-state index is 0.0958. The summed E-state index contributed by atoms with van der Waals surface area (Å²) in [6.45, 7) is 3.98. The Kier molecular flexibility index (Phi) is 21.4. The number of unbranched alkanes of at least 4 members (excludes halogenated alkanes) is 8. The fourth-order valence-corrected chi connectivity index (χ4v) is 5.29. The number of hydrogen-bond acceptors (Lipinski definition) is 8. The number of benzene rings is 1. The molecule has 1 aromatic carbocycles. The number of nitrogens with one attached hydrogen (secondary N) is 1. The van der Waals surface area contributed by atoms with Crippen molar-refractivity contribution in [2.24, 2.45) is 5.92 Å². The Morgan fingerprint density at radius 1 is 0.840 bits per heavy atom. The highest BCUT2D eigenvalue weighted by molar-refractivity contribution is 5.96. The molecule has 0 saturated carbocycles. The highest BCUT2D eigenvalue weighted by Crippen LogP contribution is 2.26. The van der Waals surface area contributed by atoms with Crippen LogP contribution in [-0.4, -0.2) is 74.1 Å². The van der Waals surface area contributed by atoms with E-state index in [-0.39, 0.29) is 18.8 Å². The Morgan fingerprint density at radius 3 is 2.02 bits per heavy atom. The molecule has 3 atom stereocenters. The van der Waals surface area contributed by atoms with Gasteiger partial charge in [-0.05, 0) is 56.7 Å². The number of carbonyl (C=O) groups is 6. The van der Waals surface area contributed by atoms with E-state index >= 15 is 0 Å². The van der Waals surface area contributed by atoms with Crippen molar-refractivity contribution in [1.82, 2.24) is 5.32 Å². The molecule has 12 nitrogen and oxygen atoms in total. The average molecular weight is 700 g/mol. The number of ketones is 2. The minimum Gasteiger partial charge on any atom is -0.481 e. The zero-order valence-electron chi connectivity index (χ0n) is 29.3. The Hall–Kier alpha value is -4.50. The van der Waals surface area contributed by atoms with E-state index in [1.807, 2.05) is 0 Å². The van der Waals surface area contributed by atoms with E-state index in [1.165, 1.54) is 12.5 Å². The lowest BCUT2D eigenvalue weighted by Crippen LogP contribution is -2.55. The number of carbonyl (C=O) groups excluding carboxylic acids is 3. The molecular formula is C38H53NO11. The first-order valence-corrected chi connectivity index (χ1v) is 17.4. The number of ether oxygens (including phenoxy) is 1. The van der Waals surface area contributed by atoms with E-state index in [0.29, 0.717) is 37.0 Å². The molecule has 0 fully saturated rings. The number of hydrogen-bond donors (Lipinski definition) is 5. The van der Waals surface area contributed by atoms with Gasteiger partial charge in [0.05, 0.1) is 24.8 Å². The summed E-state index contributed by atoms with van der Waals surface area (Å²) in [7, 11) is 0. The second-order valence-corrected chi connectivity index (χ2v) is 12.3. The molecule has 0 aliphatic heterocycles. The highest BCUT2D eigenvalue weighted by Gasteiger charge is 2.49. The van der Waals surface area contributed by atoms with Crippen LogP contribution in [0.1, 0.15) is 116 Å². The van der Waals surface area contributed by atoms with Gasteiger partial charge in [0, 0.05) is 19.3 Å². The summed E-state index contributed by atoms with van der Waals surface area (Å²) in [5, 5.41) is 41.8. The molecule has 0 saturated heterocycles. The van der Waals surface area contributed by atoms with Gasteiger partial charge in [0.1, 0.15) is 18.1 Å². The maximum atomic E-state index is 13.6. The van der Waals surface area contributed by atoms with Crippen molar-refractivity contribution in [3.05, 3.63) is 42.0 Å². The predicted molar refractivity (Wildman–Crippen MR) is 186 cm³/mol. The van der Waals surface area contributed by atoms with Crippen molar-refractivity contribution in [2.45, 2.75) is 128 Å². The fourth-order valence-electron chi connectivity index (χ4n) is 5.29. The number of Topliss-reactive ketones (excluding diaryl/α,β-unsaturated/α-hetero) is 2. The van der Waals surface area contributed by atoms with Crippen molar-refractivity contribution in [1.29, 1.82) is 0 Å². The number of aliphatic hydroxyl groups is 1. The molecule has 1 amide bonds. The molecule has 5 N–H and O–H groups in total. The third-order valence-corrected chi connectivity index (χ3v) is 8.19. The number of carboxylic acid groups (broad SMARTS) is 3. The van der Waals surface area contributed by atoms with E-state index in [4.69, 9.17) is 9.84 Å². The number of aliphatic carboxylic acids is 3. The number of allylic oxidation sites excluding steroid dienone is 1. The zero-order chi connectivity index (χ0) is 37.4. The molecule has 1 rings (SSSR count). The summed E-state index contributed by atoms with van der Waals surface area (Å²) in [6.07, 6.45) is 10.2. The molecule has 0 aliphatic rings. The average Bonchev–Trinajstić information content (AvgIpc) is 3.06. The Morgan fingerprint density at radius 2 is 1.46 bits per heavy atom. The van der Waals surface area contributed by atoms with Crippen LogP contribution in [0.25, 0.3) is 0 Å². The molecule has 0 unspecified atom stereocenters. The van der Waals surface area contributed by atoms with Gasteiger partial charge in [0.15, 0.2) is 11.4 Å². The zero-order valence-corrected chi connectivity index (χ0v) is 29.3. The second-order valence-electron chi connectivity index (χ2n) is 12.3. The van der Waals surface area contributed by atoms with Gasteiger partial charge >= 0.3 is 17.9 Å². The third kappa shape index (κ3) is 17.8. The van der Waals surface area contributed by atoms with Crippen molar-refractivity contribution in [3.8, 4) is 17.6 Å². The summed E-state index contributed by atoms with van der Waals surface area (Å²) in [4.78, 5) is 73.7. The van der Waals surface area contributed by atoms with Crippen LogP contribution in [0, 0.1) is 17.8 Å². The van der Waals surface area contributed by atoms with E-state index in [1.54, 1.807) is 31.2 Å². The van der Waals surface area contributed by atoms with Crippen LogP contribution >= 0.6 is 0 Å². The SMILES string of the molecule is CC#CCOc1ccc(C[C@H](NC(=O)[C@@H](/C=C/CCCCCCC(=O)CCCCCCC)[C@@](O)(CC(=O)O)C(=O)O)C(=O)CCC(=O)O)cc1. The van der Waals surface area contributed by atoms with Gasteiger partial charge in [0.25, 0.3) is 0 Å². The van der Waals surface area contributed by atoms with Crippen LogP contribution < -0.4 is 10.1 Å². The Labute approximate surface area is 294 Å². The molecule has 0 bridgehead atoms. The first kappa shape index (κ1) is 43.5. The quantitative estimate of drug-likeness (QED) is 0.0432. The lowest BCUT2D eigenvalue weighted by atomic mass is 9.82. The van der Waals surface area contributed by atoms with Gasteiger partial charge in [-0.25, -0.2) is 4.79 Å². The summed E-state index contributed by atoms with van der Waals surface area (Å²) in [5.74, 6) is -2.24. The second kappa shape index (κ2) is 24.6. The van der Waals surface area contributed by atoms with Crippen molar-refractivity contribution < 1.29 is 53.9 Å². The lowest BCUT2D eigenvalue weighted by molar-refractivity contribution is -0.172. The smallest absolute Gasteiger partial charge is 0.337 e. The van der Waals surface area contributed by atoms with Gasteiger partial charge < -0.3 is 30.5 Å². The van der Waals surface area contributed by atoms with Crippen molar-refractivity contribution >= 4 is 35.4 Å². The monoisotopic (exact) mass is 699 g/mol. The normalized spacial score (nSPS) is 13.3. The van der Waals surface area contributed by atoms with E-state index in [9.17, 15) is 44.1 Å². The summed E-state index contributed by atoms with van der Waals surface area (Å²) >= 11 is 0. The molecule has 0 aliphatic carbocycles. The predicted octanol–water partition coefficient (Wildman–Crippen LogP) is 5.28. The third-order valence-electron chi connectivity index (χ3n) is 8.19. The first-order valence-electron chi connectivity index (χ1n) is 17.4. The maximum absolute atomic E-state index is 13.6. The molecule has 0 heterocycles. The molecule has 0 spiro atoms. The largest absolute Gasteiger partial charge is 0.481 e. The van der Waals surface area contributed by atoms with Crippen LogP contribution in [0.5, 0.6) is 5.75 Å². The first-order chi connectivity index (χ1) is 23.8. The lowest BCUT2D eigenvalue weighted by Gasteiger charge is -2.30. The Bertz CT molecular complexity index is 1340.